The van der Waals surface area contributed by atoms with Gasteiger partial charge >= 0.3 is 6.18 Å². The van der Waals surface area contributed by atoms with Crippen molar-refractivity contribution in [1.29, 1.82) is 0 Å². The SMILES string of the molecule is CC(N)C1CCCCN1C(=O)Cc1cccc(C(F)(F)F)c1.Cl. The number of nitrogens with zero attached hydrogens (tertiary/aromatic N) is 1. The molecule has 0 aliphatic carbocycles. The van der Waals surface area contributed by atoms with E-state index in [0.717, 1.165) is 31.4 Å². The van der Waals surface area contributed by atoms with Crippen LogP contribution in [0.4, 0.5) is 13.2 Å². The number of benzene rings is 1. The predicted octanol–water partition coefficient (Wildman–Crippen LogP) is 3.40. The average molecular weight is 351 g/mol. The molecule has 7 heteroatoms. The highest BCUT2D eigenvalue weighted by Crippen LogP contribution is 2.30. The predicted molar refractivity (Wildman–Crippen MR) is 85.4 cm³/mol. The minimum atomic E-state index is -4.39. The van der Waals surface area contributed by atoms with E-state index in [-0.39, 0.29) is 36.8 Å². The Balaban J connectivity index is 0.00000264. The number of likely N-dealkylation sites (tertiary alicyclic amines) is 1. The molecule has 0 radical (unpaired) electrons. The molecule has 0 saturated carbocycles. The first-order valence-corrected chi connectivity index (χ1v) is 7.50. The number of nitrogens with two attached hydrogens (primary N) is 1. The van der Waals surface area contributed by atoms with Gasteiger partial charge in [0.05, 0.1) is 12.0 Å². The lowest BCUT2D eigenvalue weighted by molar-refractivity contribution is -0.138. The summed E-state index contributed by atoms with van der Waals surface area (Å²) in [5.74, 6) is -0.152. The maximum Gasteiger partial charge on any atom is 0.416 e. The van der Waals surface area contributed by atoms with Gasteiger partial charge in [0.25, 0.3) is 0 Å². The van der Waals surface area contributed by atoms with E-state index in [1.54, 1.807) is 11.0 Å². The molecule has 1 saturated heterocycles. The second-order valence-corrected chi connectivity index (χ2v) is 5.88. The van der Waals surface area contributed by atoms with E-state index in [0.29, 0.717) is 12.1 Å². The first-order chi connectivity index (χ1) is 10.3. The number of rotatable bonds is 3. The van der Waals surface area contributed by atoms with E-state index < -0.39 is 11.7 Å². The van der Waals surface area contributed by atoms with Crippen molar-refractivity contribution < 1.29 is 18.0 Å². The zero-order valence-electron chi connectivity index (χ0n) is 13.0. The highest BCUT2D eigenvalue weighted by molar-refractivity contribution is 5.85. The maximum absolute atomic E-state index is 12.7. The lowest BCUT2D eigenvalue weighted by atomic mass is 9.96. The second kappa shape index (κ2) is 8.02. The first kappa shape index (κ1) is 19.8. The Hall–Kier alpha value is -1.27. The molecular formula is C16H22ClF3N2O. The fourth-order valence-corrected chi connectivity index (χ4v) is 2.95. The van der Waals surface area contributed by atoms with E-state index in [2.05, 4.69) is 0 Å². The average Bonchev–Trinajstić information content (AvgIpc) is 2.46. The summed E-state index contributed by atoms with van der Waals surface area (Å²) in [6.07, 6.45) is -1.62. The topological polar surface area (TPSA) is 46.3 Å². The van der Waals surface area contributed by atoms with E-state index in [1.807, 2.05) is 6.92 Å². The van der Waals surface area contributed by atoms with Gasteiger partial charge in [0, 0.05) is 18.6 Å². The molecule has 1 fully saturated rings. The molecule has 2 rings (SSSR count). The van der Waals surface area contributed by atoms with Crippen LogP contribution in [0.15, 0.2) is 24.3 Å². The first-order valence-electron chi connectivity index (χ1n) is 7.50. The number of carbonyl (C=O) groups excluding carboxylic acids is 1. The summed E-state index contributed by atoms with van der Waals surface area (Å²) in [5.41, 5.74) is 5.59. The van der Waals surface area contributed by atoms with Crippen LogP contribution >= 0.6 is 12.4 Å². The van der Waals surface area contributed by atoms with Crippen molar-refractivity contribution in [1.82, 2.24) is 4.90 Å². The number of piperidine rings is 1. The molecule has 2 unspecified atom stereocenters. The summed E-state index contributed by atoms with van der Waals surface area (Å²) in [6.45, 7) is 2.49. The number of hydrogen-bond donors (Lipinski definition) is 1. The van der Waals surface area contributed by atoms with E-state index in [9.17, 15) is 18.0 Å². The van der Waals surface area contributed by atoms with Gasteiger partial charge in [0.1, 0.15) is 0 Å². The molecule has 130 valence electrons. The van der Waals surface area contributed by atoms with Crippen LogP contribution in [0, 0.1) is 0 Å². The third-order valence-corrected chi connectivity index (χ3v) is 4.09. The summed E-state index contributed by atoms with van der Waals surface area (Å²) in [6, 6.07) is 4.79. The number of alkyl halides is 3. The highest BCUT2D eigenvalue weighted by atomic mass is 35.5. The van der Waals surface area contributed by atoms with Crippen LogP contribution in [0.5, 0.6) is 0 Å². The minimum absolute atomic E-state index is 0. The largest absolute Gasteiger partial charge is 0.416 e. The smallest absolute Gasteiger partial charge is 0.338 e. The van der Waals surface area contributed by atoms with Gasteiger partial charge in [-0.15, -0.1) is 12.4 Å². The van der Waals surface area contributed by atoms with Gasteiger partial charge in [0.15, 0.2) is 0 Å². The monoisotopic (exact) mass is 350 g/mol. The molecule has 0 bridgehead atoms. The Morgan fingerprint density at radius 1 is 1.39 bits per heavy atom. The Morgan fingerprint density at radius 3 is 2.70 bits per heavy atom. The Kier molecular flexibility index (Phi) is 6.89. The number of carbonyl (C=O) groups is 1. The van der Waals surface area contributed by atoms with Crippen molar-refractivity contribution in [2.24, 2.45) is 5.73 Å². The molecule has 1 amide bonds. The number of halogens is 4. The van der Waals surface area contributed by atoms with Gasteiger partial charge in [-0.2, -0.15) is 13.2 Å². The van der Waals surface area contributed by atoms with Gasteiger partial charge in [-0.25, -0.2) is 0 Å². The highest BCUT2D eigenvalue weighted by Gasteiger charge is 2.32. The zero-order chi connectivity index (χ0) is 16.3. The van der Waals surface area contributed by atoms with Crippen LogP contribution in [-0.4, -0.2) is 29.4 Å². The number of hydrogen-bond acceptors (Lipinski definition) is 2. The zero-order valence-corrected chi connectivity index (χ0v) is 13.8. The lowest BCUT2D eigenvalue weighted by Gasteiger charge is -2.38. The van der Waals surface area contributed by atoms with Crippen molar-refractivity contribution in [3.8, 4) is 0 Å². The number of amides is 1. The minimum Gasteiger partial charge on any atom is -0.338 e. The van der Waals surface area contributed by atoms with E-state index in [4.69, 9.17) is 5.73 Å². The van der Waals surface area contributed by atoms with Crippen LogP contribution in [-0.2, 0) is 17.4 Å². The van der Waals surface area contributed by atoms with Crippen molar-refractivity contribution in [3.63, 3.8) is 0 Å². The fraction of sp³-hybridized carbons (Fsp3) is 0.562. The molecule has 0 aromatic heterocycles. The van der Waals surface area contributed by atoms with E-state index in [1.165, 1.54) is 6.07 Å². The van der Waals surface area contributed by atoms with Gasteiger partial charge in [0.2, 0.25) is 5.91 Å². The summed E-state index contributed by atoms with van der Waals surface area (Å²) in [4.78, 5) is 14.2. The van der Waals surface area contributed by atoms with Crippen molar-refractivity contribution in [2.45, 2.75) is 50.9 Å². The standard InChI is InChI=1S/C16H21F3N2O.ClH/c1-11(20)14-7-2-3-8-21(14)15(22)10-12-5-4-6-13(9-12)16(17,18)19;/h4-6,9,11,14H,2-3,7-8,10,20H2,1H3;1H. The molecule has 23 heavy (non-hydrogen) atoms. The van der Waals surface area contributed by atoms with Gasteiger partial charge in [-0.3, -0.25) is 4.79 Å². The summed E-state index contributed by atoms with van der Waals surface area (Å²) >= 11 is 0. The lowest BCUT2D eigenvalue weighted by Crippen LogP contribution is -2.52. The van der Waals surface area contributed by atoms with Crippen molar-refractivity contribution >= 4 is 18.3 Å². The molecule has 2 atom stereocenters. The summed E-state index contributed by atoms with van der Waals surface area (Å²) < 4.78 is 38.1. The maximum atomic E-state index is 12.7. The van der Waals surface area contributed by atoms with Crippen LogP contribution < -0.4 is 5.73 Å². The fourth-order valence-electron chi connectivity index (χ4n) is 2.95. The molecule has 1 aliphatic heterocycles. The quantitative estimate of drug-likeness (QED) is 0.908. The van der Waals surface area contributed by atoms with Crippen LogP contribution in [0.1, 0.15) is 37.3 Å². The summed E-state index contributed by atoms with van der Waals surface area (Å²) in [5, 5.41) is 0. The van der Waals surface area contributed by atoms with Gasteiger partial charge < -0.3 is 10.6 Å². The molecule has 3 nitrogen and oxygen atoms in total. The molecule has 0 spiro atoms. The molecule has 2 N–H and O–H groups in total. The Bertz CT molecular complexity index is 534. The van der Waals surface area contributed by atoms with Gasteiger partial charge in [-0.05, 0) is 37.8 Å². The molecule has 1 heterocycles. The third kappa shape index (κ3) is 5.11. The van der Waals surface area contributed by atoms with Crippen LogP contribution in [0.25, 0.3) is 0 Å². The molecular weight excluding hydrogens is 329 g/mol. The van der Waals surface area contributed by atoms with Crippen molar-refractivity contribution in [2.75, 3.05) is 6.54 Å². The van der Waals surface area contributed by atoms with Gasteiger partial charge in [-0.1, -0.05) is 18.2 Å². The van der Waals surface area contributed by atoms with Crippen molar-refractivity contribution in [3.05, 3.63) is 35.4 Å². The Labute approximate surface area is 140 Å². The molecule has 1 aromatic rings. The third-order valence-electron chi connectivity index (χ3n) is 4.09. The molecule has 1 aromatic carbocycles. The Morgan fingerprint density at radius 2 is 2.09 bits per heavy atom. The normalized spacial score (nSPS) is 19.9. The summed E-state index contributed by atoms with van der Waals surface area (Å²) in [7, 11) is 0. The van der Waals surface area contributed by atoms with Crippen LogP contribution in [0.3, 0.4) is 0 Å². The van der Waals surface area contributed by atoms with Crippen LogP contribution in [0.2, 0.25) is 0 Å². The second-order valence-electron chi connectivity index (χ2n) is 5.88. The van der Waals surface area contributed by atoms with E-state index >= 15 is 0 Å². The molecule has 1 aliphatic rings.